The third kappa shape index (κ3) is 3.72. The van der Waals surface area contributed by atoms with Gasteiger partial charge in [0.15, 0.2) is 17.5 Å². The lowest BCUT2D eigenvalue weighted by Crippen LogP contribution is -2.33. The van der Waals surface area contributed by atoms with Crippen LogP contribution in [0.15, 0.2) is 36.4 Å². The molecule has 29 heavy (non-hydrogen) atoms. The largest absolute Gasteiger partial charge is 0.247 e. The van der Waals surface area contributed by atoms with Crippen LogP contribution in [-0.4, -0.2) is 12.3 Å². The Bertz CT molecular complexity index is 919. The lowest BCUT2D eigenvalue weighted by molar-refractivity contribution is 0.0851. The number of halogens is 5. The molecule has 0 spiro atoms. The van der Waals surface area contributed by atoms with E-state index >= 15 is 0 Å². The van der Waals surface area contributed by atoms with Crippen LogP contribution < -0.4 is 0 Å². The van der Waals surface area contributed by atoms with Crippen LogP contribution in [0, 0.1) is 23.4 Å². The van der Waals surface area contributed by atoms with Gasteiger partial charge in [-0.2, -0.15) is 0 Å². The highest BCUT2D eigenvalue weighted by Gasteiger charge is 2.38. The van der Waals surface area contributed by atoms with Crippen molar-refractivity contribution in [3.63, 3.8) is 0 Å². The number of alkyl halides is 2. The van der Waals surface area contributed by atoms with Crippen LogP contribution in [0.2, 0.25) is 0 Å². The molecule has 0 saturated heterocycles. The Hall–Kier alpha value is -2.17. The number of hydrogen-bond acceptors (Lipinski definition) is 0. The molecule has 0 radical (unpaired) electrons. The van der Waals surface area contributed by atoms with Crippen molar-refractivity contribution in [2.45, 2.75) is 57.3 Å². The first-order valence-corrected chi connectivity index (χ1v) is 10.1. The van der Waals surface area contributed by atoms with Gasteiger partial charge in [0.2, 0.25) is 0 Å². The van der Waals surface area contributed by atoms with Crippen molar-refractivity contribution < 1.29 is 22.0 Å². The molecule has 2 unspecified atom stereocenters. The minimum Gasteiger partial charge on any atom is -0.247 e. The number of hydrogen-bond donors (Lipinski definition) is 0. The van der Waals surface area contributed by atoms with Gasteiger partial charge in [-0.05, 0) is 65.5 Å². The molecule has 0 amide bonds. The Balaban J connectivity index is 1.54. The summed E-state index contributed by atoms with van der Waals surface area (Å²) in [6.07, 6.45) is 1.41. The smallest absolute Gasteiger partial charge is 0.194 e. The third-order valence-corrected chi connectivity index (χ3v) is 6.43. The zero-order chi connectivity index (χ0) is 20.7. The Morgan fingerprint density at radius 2 is 1.59 bits per heavy atom. The average molecular weight is 406 g/mol. The van der Waals surface area contributed by atoms with E-state index in [9.17, 15) is 22.0 Å². The predicted molar refractivity (Wildman–Crippen MR) is 104 cm³/mol. The highest BCUT2D eigenvalue weighted by atomic mass is 19.2. The second-order valence-corrected chi connectivity index (χ2v) is 8.16. The standard InChI is InChI=1S/C24H23F5/c1-2-13-9-19(25)22(20(26)10-13)15-5-3-14(4-6-15)16-7-8-18-17(11-16)12-21(27)24(29)23(18)28/h3-7,12-13,19-20,22H,2,8-11H2,1H3. The summed E-state index contributed by atoms with van der Waals surface area (Å²) in [6, 6.07) is 8.13. The van der Waals surface area contributed by atoms with E-state index in [1.165, 1.54) is 0 Å². The fraction of sp³-hybridized carbons (Fsp3) is 0.417. The van der Waals surface area contributed by atoms with Crippen LogP contribution in [0.3, 0.4) is 0 Å². The molecule has 1 fully saturated rings. The summed E-state index contributed by atoms with van der Waals surface area (Å²) in [5.74, 6) is -4.42. The Kier molecular flexibility index (Phi) is 5.50. The molecule has 0 aliphatic heterocycles. The van der Waals surface area contributed by atoms with Crippen LogP contribution in [0.4, 0.5) is 22.0 Å². The van der Waals surface area contributed by atoms with Crippen molar-refractivity contribution in [1.29, 1.82) is 0 Å². The lowest BCUT2D eigenvalue weighted by Gasteiger charge is -2.34. The normalized spacial score (nSPS) is 26.8. The predicted octanol–water partition coefficient (Wildman–Crippen LogP) is 6.87. The number of rotatable bonds is 3. The quantitative estimate of drug-likeness (QED) is 0.386. The first kappa shape index (κ1) is 20.1. The number of allylic oxidation sites excluding steroid dienone is 2. The summed E-state index contributed by atoms with van der Waals surface area (Å²) in [6.45, 7) is 1.96. The van der Waals surface area contributed by atoms with Crippen molar-refractivity contribution in [1.82, 2.24) is 0 Å². The lowest BCUT2D eigenvalue weighted by atomic mass is 9.75. The van der Waals surface area contributed by atoms with E-state index in [1.54, 1.807) is 30.3 Å². The maximum atomic E-state index is 14.6. The fourth-order valence-corrected chi connectivity index (χ4v) is 4.71. The minimum absolute atomic E-state index is 0.0913. The second-order valence-electron chi connectivity index (χ2n) is 8.16. The molecule has 2 aliphatic carbocycles. The van der Waals surface area contributed by atoms with E-state index in [0.717, 1.165) is 23.6 Å². The molecule has 0 N–H and O–H groups in total. The molecule has 2 aromatic rings. The highest BCUT2D eigenvalue weighted by Crippen LogP contribution is 2.41. The van der Waals surface area contributed by atoms with Crippen LogP contribution in [-0.2, 0) is 12.8 Å². The Morgan fingerprint density at radius 1 is 0.931 bits per heavy atom. The number of benzene rings is 2. The third-order valence-electron chi connectivity index (χ3n) is 6.43. The second kappa shape index (κ2) is 7.92. The van der Waals surface area contributed by atoms with E-state index < -0.39 is 35.7 Å². The van der Waals surface area contributed by atoms with E-state index in [4.69, 9.17) is 0 Å². The number of fused-ring (bicyclic) bond motifs is 1. The van der Waals surface area contributed by atoms with Gasteiger partial charge in [-0.3, -0.25) is 0 Å². The van der Waals surface area contributed by atoms with Gasteiger partial charge in [0.05, 0.1) is 0 Å². The highest BCUT2D eigenvalue weighted by molar-refractivity contribution is 5.70. The molecular formula is C24H23F5. The molecule has 0 heterocycles. The van der Waals surface area contributed by atoms with Gasteiger partial charge in [-0.15, -0.1) is 0 Å². The topological polar surface area (TPSA) is 0 Å². The van der Waals surface area contributed by atoms with Crippen molar-refractivity contribution in [2.75, 3.05) is 0 Å². The maximum Gasteiger partial charge on any atom is 0.194 e. The summed E-state index contributed by atoms with van der Waals surface area (Å²) in [7, 11) is 0. The summed E-state index contributed by atoms with van der Waals surface area (Å²) in [4.78, 5) is 0. The van der Waals surface area contributed by atoms with Gasteiger partial charge in [0, 0.05) is 5.92 Å². The SMILES string of the molecule is CCC1CC(F)C(c2ccc(C3=CCc4c(cc(F)c(F)c4F)C3)cc2)C(F)C1. The molecule has 0 aromatic heterocycles. The van der Waals surface area contributed by atoms with Gasteiger partial charge in [-0.25, -0.2) is 22.0 Å². The maximum absolute atomic E-state index is 14.6. The minimum atomic E-state index is -1.44. The Labute approximate surface area is 167 Å². The first-order chi connectivity index (χ1) is 13.9. The van der Waals surface area contributed by atoms with Crippen molar-refractivity contribution in [3.05, 3.63) is 76.1 Å². The summed E-state index contributed by atoms with van der Waals surface area (Å²) in [5.41, 5.74) is 2.93. The van der Waals surface area contributed by atoms with E-state index in [-0.39, 0.29) is 24.3 Å². The molecule has 1 saturated carbocycles. The van der Waals surface area contributed by atoms with Crippen LogP contribution in [0.25, 0.3) is 5.57 Å². The molecule has 154 valence electrons. The monoisotopic (exact) mass is 406 g/mol. The van der Waals surface area contributed by atoms with Gasteiger partial charge >= 0.3 is 0 Å². The van der Waals surface area contributed by atoms with Crippen molar-refractivity contribution in [2.24, 2.45) is 5.92 Å². The molecule has 5 heteroatoms. The molecule has 2 atom stereocenters. The van der Waals surface area contributed by atoms with E-state index in [0.29, 0.717) is 24.0 Å². The van der Waals surface area contributed by atoms with Crippen molar-refractivity contribution in [3.8, 4) is 0 Å². The molecule has 0 nitrogen and oxygen atoms in total. The average Bonchev–Trinajstić information content (AvgIpc) is 2.71. The van der Waals surface area contributed by atoms with Gasteiger partial charge in [0.25, 0.3) is 0 Å². The van der Waals surface area contributed by atoms with E-state index in [1.807, 2.05) is 6.92 Å². The first-order valence-electron chi connectivity index (χ1n) is 10.1. The zero-order valence-electron chi connectivity index (χ0n) is 16.2. The summed E-state index contributed by atoms with van der Waals surface area (Å²) < 4.78 is 70.2. The molecule has 4 rings (SSSR count). The van der Waals surface area contributed by atoms with Crippen molar-refractivity contribution >= 4 is 5.57 Å². The van der Waals surface area contributed by atoms with Crippen LogP contribution >= 0.6 is 0 Å². The molecule has 2 aromatic carbocycles. The summed E-state index contributed by atoms with van der Waals surface area (Å²) in [5, 5.41) is 0. The van der Waals surface area contributed by atoms with Gasteiger partial charge < -0.3 is 0 Å². The molecule has 0 bridgehead atoms. The summed E-state index contributed by atoms with van der Waals surface area (Å²) >= 11 is 0. The zero-order valence-corrected chi connectivity index (χ0v) is 16.2. The van der Waals surface area contributed by atoms with Crippen LogP contribution in [0.1, 0.15) is 54.4 Å². The fourth-order valence-electron chi connectivity index (χ4n) is 4.71. The van der Waals surface area contributed by atoms with Gasteiger partial charge in [-0.1, -0.05) is 43.7 Å². The van der Waals surface area contributed by atoms with E-state index in [2.05, 4.69) is 0 Å². The molecular weight excluding hydrogens is 383 g/mol. The molecule has 2 aliphatic rings. The van der Waals surface area contributed by atoms with Crippen LogP contribution in [0.5, 0.6) is 0 Å². The Morgan fingerprint density at radius 3 is 2.21 bits per heavy atom. The van der Waals surface area contributed by atoms with Gasteiger partial charge in [0.1, 0.15) is 12.3 Å².